The SMILES string of the molecule is COc1ccccc1N1CCN(C(=O)C[C@H](NC(N)=O)c2ccccc2Cl)CC1. The second kappa shape index (κ2) is 9.52. The number of carbonyl (C=O) groups excluding carboxylic acids is 2. The molecule has 2 aromatic carbocycles. The van der Waals surface area contributed by atoms with Crippen LogP contribution in [0.2, 0.25) is 5.02 Å². The van der Waals surface area contributed by atoms with Gasteiger partial charge in [-0.25, -0.2) is 4.79 Å². The van der Waals surface area contributed by atoms with Gasteiger partial charge >= 0.3 is 6.03 Å². The number of rotatable bonds is 6. The van der Waals surface area contributed by atoms with E-state index >= 15 is 0 Å². The predicted octanol–water partition coefficient (Wildman–Crippen LogP) is 2.80. The molecule has 3 amide bonds. The lowest BCUT2D eigenvalue weighted by molar-refractivity contribution is -0.132. The summed E-state index contributed by atoms with van der Waals surface area (Å²) in [5.41, 5.74) is 7.00. The highest BCUT2D eigenvalue weighted by molar-refractivity contribution is 6.31. The van der Waals surface area contributed by atoms with Crippen LogP contribution in [0.15, 0.2) is 48.5 Å². The number of amides is 3. The number of halogens is 1. The number of methoxy groups -OCH3 is 1. The molecule has 1 fully saturated rings. The number of primary amides is 1. The molecule has 1 aliphatic rings. The van der Waals surface area contributed by atoms with Gasteiger partial charge in [-0.3, -0.25) is 4.79 Å². The Labute approximate surface area is 175 Å². The van der Waals surface area contributed by atoms with E-state index in [9.17, 15) is 9.59 Å². The summed E-state index contributed by atoms with van der Waals surface area (Å²) in [6, 6.07) is 13.7. The summed E-state index contributed by atoms with van der Waals surface area (Å²) in [6.07, 6.45) is 0.0985. The third-order valence-corrected chi connectivity index (χ3v) is 5.38. The molecule has 29 heavy (non-hydrogen) atoms. The largest absolute Gasteiger partial charge is 0.495 e. The summed E-state index contributed by atoms with van der Waals surface area (Å²) in [7, 11) is 1.65. The Balaban J connectivity index is 1.65. The summed E-state index contributed by atoms with van der Waals surface area (Å²) in [6.45, 7) is 2.57. The highest BCUT2D eigenvalue weighted by atomic mass is 35.5. The maximum atomic E-state index is 12.9. The number of nitrogens with two attached hydrogens (primary N) is 1. The van der Waals surface area contributed by atoms with Crippen LogP contribution < -0.4 is 20.7 Å². The lowest BCUT2D eigenvalue weighted by Crippen LogP contribution is -2.49. The normalized spacial score (nSPS) is 15.0. The third-order valence-electron chi connectivity index (χ3n) is 5.03. The molecule has 0 bridgehead atoms. The molecule has 0 saturated carbocycles. The van der Waals surface area contributed by atoms with E-state index in [1.807, 2.05) is 30.3 Å². The fraction of sp³-hybridized carbons (Fsp3) is 0.333. The van der Waals surface area contributed by atoms with Crippen LogP contribution in [0.4, 0.5) is 10.5 Å². The number of ether oxygens (including phenoxy) is 1. The fourth-order valence-electron chi connectivity index (χ4n) is 3.56. The number of hydrogen-bond acceptors (Lipinski definition) is 4. The van der Waals surface area contributed by atoms with Crippen LogP contribution in [-0.2, 0) is 4.79 Å². The van der Waals surface area contributed by atoms with Crippen molar-refractivity contribution in [2.45, 2.75) is 12.5 Å². The van der Waals surface area contributed by atoms with Crippen molar-refractivity contribution >= 4 is 29.2 Å². The monoisotopic (exact) mass is 416 g/mol. The Kier molecular flexibility index (Phi) is 6.82. The van der Waals surface area contributed by atoms with Crippen molar-refractivity contribution in [2.75, 3.05) is 38.2 Å². The van der Waals surface area contributed by atoms with E-state index < -0.39 is 12.1 Å². The van der Waals surface area contributed by atoms with Gasteiger partial charge in [0.05, 0.1) is 25.3 Å². The zero-order chi connectivity index (χ0) is 20.8. The van der Waals surface area contributed by atoms with E-state index in [1.54, 1.807) is 30.2 Å². The molecule has 0 aliphatic carbocycles. The van der Waals surface area contributed by atoms with Crippen molar-refractivity contribution in [3.05, 3.63) is 59.1 Å². The second-order valence-corrected chi connectivity index (χ2v) is 7.23. The van der Waals surface area contributed by atoms with Crippen LogP contribution in [0.1, 0.15) is 18.0 Å². The van der Waals surface area contributed by atoms with Crippen molar-refractivity contribution in [1.82, 2.24) is 10.2 Å². The molecular weight excluding hydrogens is 392 g/mol. The first-order valence-corrected chi connectivity index (χ1v) is 9.83. The quantitative estimate of drug-likeness (QED) is 0.757. The molecule has 1 heterocycles. The number of piperazine rings is 1. The van der Waals surface area contributed by atoms with E-state index in [2.05, 4.69) is 10.2 Å². The zero-order valence-electron chi connectivity index (χ0n) is 16.3. The number of nitrogens with one attached hydrogen (secondary N) is 1. The Bertz CT molecular complexity index is 869. The summed E-state index contributed by atoms with van der Waals surface area (Å²) < 4.78 is 5.44. The first-order chi connectivity index (χ1) is 14.0. The van der Waals surface area contributed by atoms with Crippen LogP contribution in [0, 0.1) is 0 Å². The minimum atomic E-state index is -0.691. The number of hydrogen-bond donors (Lipinski definition) is 2. The van der Waals surface area contributed by atoms with Crippen LogP contribution in [0.25, 0.3) is 0 Å². The van der Waals surface area contributed by atoms with Gasteiger partial charge in [-0.15, -0.1) is 0 Å². The van der Waals surface area contributed by atoms with Crippen molar-refractivity contribution in [2.24, 2.45) is 5.73 Å². The van der Waals surface area contributed by atoms with Crippen molar-refractivity contribution < 1.29 is 14.3 Å². The molecule has 2 aromatic rings. The highest BCUT2D eigenvalue weighted by Crippen LogP contribution is 2.29. The van der Waals surface area contributed by atoms with E-state index in [4.69, 9.17) is 22.1 Å². The molecule has 7 nitrogen and oxygen atoms in total. The smallest absolute Gasteiger partial charge is 0.312 e. The lowest BCUT2D eigenvalue weighted by atomic mass is 10.0. The van der Waals surface area contributed by atoms with Crippen LogP contribution in [-0.4, -0.2) is 50.1 Å². The average molecular weight is 417 g/mol. The van der Waals surface area contributed by atoms with Crippen molar-refractivity contribution in [3.8, 4) is 5.75 Å². The van der Waals surface area contributed by atoms with Gasteiger partial charge in [-0.1, -0.05) is 41.9 Å². The molecule has 3 N–H and O–H groups in total. The van der Waals surface area contributed by atoms with Crippen LogP contribution in [0.3, 0.4) is 0 Å². The van der Waals surface area contributed by atoms with E-state index in [-0.39, 0.29) is 12.3 Å². The molecule has 0 unspecified atom stereocenters. The molecule has 8 heteroatoms. The summed E-state index contributed by atoms with van der Waals surface area (Å²) in [5.74, 6) is 0.764. The van der Waals surface area contributed by atoms with Gasteiger partial charge in [0.15, 0.2) is 0 Å². The topological polar surface area (TPSA) is 87.9 Å². The number of benzene rings is 2. The highest BCUT2D eigenvalue weighted by Gasteiger charge is 2.26. The third kappa shape index (κ3) is 5.12. The molecule has 154 valence electrons. The predicted molar refractivity (Wildman–Crippen MR) is 113 cm³/mol. The molecule has 0 radical (unpaired) electrons. The van der Waals surface area contributed by atoms with Gasteiger partial charge in [0.1, 0.15) is 5.75 Å². The number of carbonyl (C=O) groups is 2. The molecule has 0 spiro atoms. The first kappa shape index (κ1) is 20.8. The Morgan fingerprint density at radius 3 is 2.41 bits per heavy atom. The lowest BCUT2D eigenvalue weighted by Gasteiger charge is -2.37. The van der Waals surface area contributed by atoms with Crippen LogP contribution >= 0.6 is 11.6 Å². The summed E-state index contributed by atoms with van der Waals surface area (Å²) >= 11 is 6.25. The minimum absolute atomic E-state index is 0.0525. The second-order valence-electron chi connectivity index (χ2n) is 6.83. The maximum Gasteiger partial charge on any atom is 0.312 e. The molecule has 1 atom stereocenters. The summed E-state index contributed by atoms with van der Waals surface area (Å²) in [4.78, 5) is 28.3. The Morgan fingerprint density at radius 1 is 1.10 bits per heavy atom. The molecule has 1 saturated heterocycles. The van der Waals surface area contributed by atoms with Crippen LogP contribution in [0.5, 0.6) is 5.75 Å². The van der Waals surface area contributed by atoms with Crippen molar-refractivity contribution in [3.63, 3.8) is 0 Å². The Morgan fingerprint density at radius 2 is 1.76 bits per heavy atom. The number of para-hydroxylation sites is 2. The number of anilines is 1. The van der Waals surface area contributed by atoms with E-state index in [0.717, 1.165) is 11.4 Å². The molecule has 1 aliphatic heterocycles. The first-order valence-electron chi connectivity index (χ1n) is 9.45. The standard InChI is InChI=1S/C21H25ClN4O3/c1-29-19-9-5-4-8-18(19)25-10-12-26(13-11-25)20(27)14-17(24-21(23)28)15-6-2-3-7-16(15)22/h2-9,17H,10-14H2,1H3,(H3,23,24,28)/t17-/m0/s1. The summed E-state index contributed by atoms with van der Waals surface area (Å²) in [5, 5.41) is 3.12. The van der Waals surface area contributed by atoms with E-state index in [1.165, 1.54) is 0 Å². The maximum absolute atomic E-state index is 12.9. The van der Waals surface area contributed by atoms with Gasteiger partial charge in [-0.2, -0.15) is 0 Å². The fourth-order valence-corrected chi connectivity index (χ4v) is 3.83. The minimum Gasteiger partial charge on any atom is -0.495 e. The van der Waals surface area contributed by atoms with Gasteiger partial charge in [0, 0.05) is 31.2 Å². The van der Waals surface area contributed by atoms with Crippen molar-refractivity contribution in [1.29, 1.82) is 0 Å². The van der Waals surface area contributed by atoms with Gasteiger partial charge in [-0.05, 0) is 23.8 Å². The average Bonchev–Trinajstić information content (AvgIpc) is 2.73. The molecular formula is C21H25ClN4O3. The number of urea groups is 1. The van der Waals surface area contributed by atoms with Gasteiger partial charge < -0.3 is 25.6 Å². The number of nitrogens with zero attached hydrogens (tertiary/aromatic N) is 2. The molecule has 0 aromatic heterocycles. The van der Waals surface area contributed by atoms with Gasteiger partial charge in [0.25, 0.3) is 0 Å². The van der Waals surface area contributed by atoms with Gasteiger partial charge in [0.2, 0.25) is 5.91 Å². The zero-order valence-corrected chi connectivity index (χ0v) is 17.1. The van der Waals surface area contributed by atoms with E-state index in [0.29, 0.717) is 36.8 Å². The molecule has 3 rings (SSSR count). The Hall–Kier alpha value is -2.93.